The third-order valence-electron chi connectivity index (χ3n) is 5.38. The summed E-state index contributed by atoms with van der Waals surface area (Å²) in [7, 11) is 1.28. The Morgan fingerprint density at radius 1 is 0.970 bits per heavy atom. The molecule has 33 heavy (non-hydrogen) atoms. The van der Waals surface area contributed by atoms with E-state index in [1.54, 1.807) is 51.2 Å². The molecule has 0 radical (unpaired) electrons. The standard InChI is InChI=1S/C26H23FN2O4/c1-15-11-18(27)12-16(2)25(15)33-23-10-9-19(28-26(31)32-4)13-22(23)29-14-17(3)24(30)20-7-5-6-8-21(20)29/h5-14H,1-4H3,(H,28,31). The number of benzene rings is 3. The van der Waals surface area contributed by atoms with Crippen LogP contribution in [0.15, 0.2) is 65.6 Å². The fraction of sp³-hybridized carbons (Fsp3) is 0.154. The van der Waals surface area contributed by atoms with Crippen molar-refractivity contribution in [2.24, 2.45) is 0 Å². The number of aromatic nitrogens is 1. The Kier molecular flexibility index (Phi) is 5.87. The van der Waals surface area contributed by atoms with Crippen LogP contribution in [0.5, 0.6) is 11.5 Å². The van der Waals surface area contributed by atoms with Gasteiger partial charge in [0, 0.05) is 22.8 Å². The van der Waals surface area contributed by atoms with Gasteiger partial charge in [-0.15, -0.1) is 0 Å². The largest absolute Gasteiger partial charge is 0.455 e. The minimum Gasteiger partial charge on any atom is -0.455 e. The number of pyridine rings is 1. The van der Waals surface area contributed by atoms with Crippen LogP contribution < -0.4 is 15.5 Å². The molecular weight excluding hydrogens is 423 g/mol. The molecule has 0 unspecified atom stereocenters. The topological polar surface area (TPSA) is 69.6 Å². The molecule has 168 valence electrons. The van der Waals surface area contributed by atoms with Gasteiger partial charge in [-0.25, -0.2) is 9.18 Å². The van der Waals surface area contributed by atoms with Gasteiger partial charge >= 0.3 is 6.09 Å². The molecule has 1 aromatic heterocycles. The Bertz CT molecular complexity index is 1420. The van der Waals surface area contributed by atoms with Gasteiger partial charge in [0.1, 0.15) is 11.6 Å². The summed E-state index contributed by atoms with van der Waals surface area (Å²) >= 11 is 0. The highest BCUT2D eigenvalue weighted by Gasteiger charge is 2.16. The van der Waals surface area contributed by atoms with Gasteiger partial charge in [-0.2, -0.15) is 0 Å². The number of amides is 1. The highest BCUT2D eigenvalue weighted by Crippen LogP contribution is 2.36. The van der Waals surface area contributed by atoms with E-state index in [-0.39, 0.29) is 11.2 Å². The van der Waals surface area contributed by atoms with Crippen LogP contribution in [0.3, 0.4) is 0 Å². The van der Waals surface area contributed by atoms with Gasteiger partial charge in [-0.1, -0.05) is 12.1 Å². The van der Waals surface area contributed by atoms with E-state index in [1.165, 1.54) is 19.2 Å². The number of para-hydroxylation sites is 1. The molecule has 0 spiro atoms. The van der Waals surface area contributed by atoms with Crippen LogP contribution in [0.4, 0.5) is 14.9 Å². The molecule has 6 nitrogen and oxygen atoms in total. The maximum absolute atomic E-state index is 13.8. The molecule has 1 N–H and O–H groups in total. The molecule has 0 aliphatic heterocycles. The van der Waals surface area contributed by atoms with Crippen molar-refractivity contribution in [1.82, 2.24) is 4.57 Å². The van der Waals surface area contributed by atoms with Crippen molar-refractivity contribution in [3.8, 4) is 17.2 Å². The lowest BCUT2D eigenvalue weighted by Gasteiger charge is -2.19. The minimum atomic E-state index is -0.610. The minimum absolute atomic E-state index is 0.0571. The fourth-order valence-electron chi connectivity index (χ4n) is 3.82. The quantitative estimate of drug-likeness (QED) is 0.416. The smallest absolute Gasteiger partial charge is 0.411 e. The zero-order chi connectivity index (χ0) is 23.7. The second kappa shape index (κ2) is 8.78. The van der Waals surface area contributed by atoms with E-state index in [0.717, 1.165) is 0 Å². The number of anilines is 1. The second-order valence-electron chi connectivity index (χ2n) is 7.80. The Balaban J connectivity index is 1.96. The monoisotopic (exact) mass is 446 g/mol. The van der Waals surface area contributed by atoms with Crippen LogP contribution in [0.25, 0.3) is 16.6 Å². The number of fused-ring (bicyclic) bond motifs is 1. The van der Waals surface area contributed by atoms with Gasteiger partial charge < -0.3 is 14.0 Å². The summed E-state index contributed by atoms with van der Waals surface area (Å²) in [5, 5.41) is 3.21. The molecule has 3 aromatic carbocycles. The van der Waals surface area contributed by atoms with Crippen molar-refractivity contribution < 1.29 is 18.7 Å². The van der Waals surface area contributed by atoms with Gasteiger partial charge in [-0.05, 0) is 74.4 Å². The van der Waals surface area contributed by atoms with Gasteiger partial charge in [-0.3, -0.25) is 10.1 Å². The summed E-state index contributed by atoms with van der Waals surface area (Å²) < 4.78 is 26.6. The maximum Gasteiger partial charge on any atom is 0.411 e. The second-order valence-corrected chi connectivity index (χ2v) is 7.80. The summed E-state index contributed by atoms with van der Waals surface area (Å²) in [6, 6.07) is 15.2. The number of rotatable bonds is 4. The van der Waals surface area contributed by atoms with E-state index in [9.17, 15) is 14.0 Å². The summed E-state index contributed by atoms with van der Waals surface area (Å²) in [6.07, 6.45) is 1.12. The van der Waals surface area contributed by atoms with Gasteiger partial charge in [0.05, 0.1) is 18.3 Å². The molecule has 0 aliphatic rings. The van der Waals surface area contributed by atoms with E-state index < -0.39 is 6.09 Å². The molecule has 7 heteroatoms. The van der Waals surface area contributed by atoms with Gasteiger partial charge in [0.15, 0.2) is 11.2 Å². The fourth-order valence-corrected chi connectivity index (χ4v) is 3.82. The van der Waals surface area contributed by atoms with Crippen molar-refractivity contribution in [1.29, 1.82) is 0 Å². The predicted molar refractivity (Wildman–Crippen MR) is 126 cm³/mol. The molecule has 0 saturated carbocycles. The molecule has 0 saturated heterocycles. The van der Waals surface area contributed by atoms with E-state index in [4.69, 9.17) is 9.47 Å². The SMILES string of the molecule is COC(=O)Nc1ccc(Oc2c(C)cc(F)cc2C)c(-n2cc(C)c(=O)c3ccccc32)c1. The lowest BCUT2D eigenvalue weighted by atomic mass is 10.1. The van der Waals surface area contributed by atoms with Crippen molar-refractivity contribution in [2.45, 2.75) is 20.8 Å². The van der Waals surface area contributed by atoms with E-state index in [1.807, 2.05) is 22.8 Å². The zero-order valence-electron chi connectivity index (χ0n) is 18.7. The maximum atomic E-state index is 13.8. The number of methoxy groups -OCH3 is 1. The van der Waals surface area contributed by atoms with Crippen LogP contribution in [0.2, 0.25) is 0 Å². The van der Waals surface area contributed by atoms with E-state index >= 15 is 0 Å². The van der Waals surface area contributed by atoms with Crippen LogP contribution in [-0.4, -0.2) is 17.8 Å². The molecule has 0 fully saturated rings. The van der Waals surface area contributed by atoms with Crippen LogP contribution in [0.1, 0.15) is 16.7 Å². The normalized spacial score (nSPS) is 10.8. The number of carbonyl (C=O) groups excluding carboxylic acids is 1. The lowest BCUT2D eigenvalue weighted by molar-refractivity contribution is 0.187. The number of hydrogen-bond acceptors (Lipinski definition) is 4. The van der Waals surface area contributed by atoms with E-state index in [2.05, 4.69) is 5.32 Å². The number of nitrogens with zero attached hydrogens (tertiary/aromatic N) is 1. The number of aryl methyl sites for hydroxylation is 3. The van der Waals surface area contributed by atoms with Gasteiger partial charge in [0.25, 0.3) is 0 Å². The first kappa shape index (κ1) is 22.1. The molecule has 4 rings (SSSR count). The van der Waals surface area contributed by atoms with Gasteiger partial charge in [0.2, 0.25) is 0 Å². The number of hydrogen-bond donors (Lipinski definition) is 1. The Morgan fingerprint density at radius 2 is 1.67 bits per heavy atom. The summed E-state index contributed by atoms with van der Waals surface area (Å²) in [5.74, 6) is 0.669. The van der Waals surface area contributed by atoms with Crippen LogP contribution >= 0.6 is 0 Å². The Hall–Kier alpha value is -4.13. The molecule has 0 bridgehead atoms. The predicted octanol–water partition coefficient (Wildman–Crippen LogP) is 6.03. The third-order valence-corrected chi connectivity index (χ3v) is 5.38. The van der Waals surface area contributed by atoms with Crippen molar-refractivity contribution in [2.75, 3.05) is 12.4 Å². The average Bonchev–Trinajstić information content (AvgIpc) is 2.79. The summed E-state index contributed by atoms with van der Waals surface area (Å²) in [5.41, 5.74) is 3.55. The molecular formula is C26H23FN2O4. The zero-order valence-corrected chi connectivity index (χ0v) is 18.7. The molecule has 1 heterocycles. The van der Waals surface area contributed by atoms with Crippen molar-refractivity contribution >= 4 is 22.7 Å². The highest BCUT2D eigenvalue weighted by atomic mass is 19.1. The summed E-state index contributed by atoms with van der Waals surface area (Å²) in [6.45, 7) is 5.30. The summed E-state index contributed by atoms with van der Waals surface area (Å²) in [4.78, 5) is 24.5. The Morgan fingerprint density at radius 3 is 2.36 bits per heavy atom. The molecule has 0 atom stereocenters. The first-order valence-electron chi connectivity index (χ1n) is 10.3. The Labute approximate surface area is 190 Å². The van der Waals surface area contributed by atoms with E-state index in [0.29, 0.717) is 50.5 Å². The number of carbonyl (C=O) groups is 1. The van der Waals surface area contributed by atoms with Crippen molar-refractivity contribution in [3.63, 3.8) is 0 Å². The van der Waals surface area contributed by atoms with Crippen molar-refractivity contribution in [3.05, 3.63) is 93.5 Å². The highest BCUT2D eigenvalue weighted by molar-refractivity contribution is 5.86. The molecule has 1 amide bonds. The number of nitrogens with one attached hydrogen (secondary N) is 1. The number of ether oxygens (including phenoxy) is 2. The van der Waals surface area contributed by atoms with Crippen LogP contribution in [-0.2, 0) is 4.74 Å². The molecule has 0 aliphatic carbocycles. The third kappa shape index (κ3) is 4.30. The lowest BCUT2D eigenvalue weighted by Crippen LogP contribution is -2.13. The number of halogens is 1. The average molecular weight is 446 g/mol. The molecule has 4 aromatic rings. The first-order valence-corrected chi connectivity index (χ1v) is 10.3. The van der Waals surface area contributed by atoms with Crippen LogP contribution in [0, 0.1) is 26.6 Å². The first-order chi connectivity index (χ1) is 15.8.